The maximum atomic E-state index is 12.7. The molecule has 126 valence electrons. The smallest absolute Gasteiger partial charge is 0.317 e. The number of carbonyl (C=O) groups is 1. The topological polar surface area (TPSA) is 50.8 Å². The van der Waals surface area contributed by atoms with Crippen LogP contribution in [0, 0.1) is 0 Å². The van der Waals surface area contributed by atoms with Gasteiger partial charge in [0.05, 0.1) is 32.5 Å². The van der Waals surface area contributed by atoms with Crippen LogP contribution in [0.2, 0.25) is 0 Å². The second-order valence-electron chi connectivity index (χ2n) is 7.01. The minimum atomic E-state index is -0.0706. The van der Waals surface area contributed by atoms with Gasteiger partial charge in [-0.15, -0.1) is 0 Å². The van der Waals surface area contributed by atoms with E-state index in [2.05, 4.69) is 43.4 Å². The highest BCUT2D eigenvalue weighted by Gasteiger charge is 2.32. The average molecular weight is 318 g/mol. The Labute approximate surface area is 137 Å². The molecular weight excluding hydrogens is 292 g/mol. The molecule has 1 saturated heterocycles. The van der Waals surface area contributed by atoms with Gasteiger partial charge in [0, 0.05) is 18.5 Å². The Bertz CT molecular complexity index is 551. The molecular formula is C18H26N2O3. The summed E-state index contributed by atoms with van der Waals surface area (Å²) in [5, 5.41) is 3.06. The quantitative estimate of drug-likeness (QED) is 0.861. The molecule has 23 heavy (non-hydrogen) atoms. The number of hydrogen-bond donors (Lipinski definition) is 1. The monoisotopic (exact) mass is 318 g/mol. The first-order chi connectivity index (χ1) is 11.1. The number of nitrogens with zero attached hydrogens (tertiary/aromatic N) is 1. The Morgan fingerprint density at radius 2 is 1.91 bits per heavy atom. The molecule has 0 aromatic heterocycles. The summed E-state index contributed by atoms with van der Waals surface area (Å²) >= 11 is 0. The standard InChI is InChI=1S/C18H26N2O3/c1-18(2)13-20(8-7-14-5-3-4-6-16(14)18)17(21)19-15-11-22-9-10-23-12-15/h3-6,15H,7-13H2,1-2H3,(H,19,21). The number of nitrogens with one attached hydrogen (secondary N) is 1. The van der Waals surface area contributed by atoms with Crippen LogP contribution in [0.3, 0.4) is 0 Å². The van der Waals surface area contributed by atoms with Gasteiger partial charge in [-0.25, -0.2) is 4.79 Å². The van der Waals surface area contributed by atoms with Crippen molar-refractivity contribution in [3.05, 3.63) is 35.4 Å². The fraction of sp³-hybridized carbons (Fsp3) is 0.611. The van der Waals surface area contributed by atoms with Gasteiger partial charge >= 0.3 is 6.03 Å². The van der Waals surface area contributed by atoms with Crippen LogP contribution >= 0.6 is 0 Å². The van der Waals surface area contributed by atoms with E-state index in [1.54, 1.807) is 0 Å². The molecule has 0 aliphatic carbocycles. The lowest BCUT2D eigenvalue weighted by molar-refractivity contribution is 0.103. The minimum Gasteiger partial charge on any atom is -0.377 e. The normalized spacial score (nSPS) is 21.9. The van der Waals surface area contributed by atoms with Crippen molar-refractivity contribution in [2.24, 2.45) is 0 Å². The molecule has 2 aliphatic heterocycles. The molecule has 0 unspecified atom stereocenters. The third kappa shape index (κ3) is 3.85. The molecule has 2 amide bonds. The molecule has 0 bridgehead atoms. The van der Waals surface area contributed by atoms with Gasteiger partial charge in [-0.1, -0.05) is 38.1 Å². The molecule has 0 radical (unpaired) electrons. The summed E-state index contributed by atoms with van der Waals surface area (Å²) in [6.07, 6.45) is 0.894. The summed E-state index contributed by atoms with van der Waals surface area (Å²) < 4.78 is 10.9. The number of benzene rings is 1. The van der Waals surface area contributed by atoms with Gasteiger partial charge in [-0.2, -0.15) is 0 Å². The number of ether oxygens (including phenoxy) is 2. The molecule has 5 nitrogen and oxygen atoms in total. The second-order valence-corrected chi connectivity index (χ2v) is 7.01. The number of amides is 2. The van der Waals surface area contributed by atoms with Crippen LogP contribution in [-0.2, 0) is 21.3 Å². The van der Waals surface area contributed by atoms with Crippen LogP contribution < -0.4 is 5.32 Å². The van der Waals surface area contributed by atoms with E-state index in [9.17, 15) is 4.79 Å². The summed E-state index contributed by atoms with van der Waals surface area (Å²) in [5.74, 6) is 0. The molecule has 5 heteroatoms. The summed E-state index contributed by atoms with van der Waals surface area (Å²) in [6.45, 7) is 8.08. The molecule has 1 aromatic carbocycles. The van der Waals surface area contributed by atoms with Gasteiger partial charge in [-0.05, 0) is 17.5 Å². The van der Waals surface area contributed by atoms with Crippen molar-refractivity contribution in [3.8, 4) is 0 Å². The highest BCUT2D eigenvalue weighted by molar-refractivity contribution is 5.75. The van der Waals surface area contributed by atoms with Crippen molar-refractivity contribution in [1.82, 2.24) is 10.2 Å². The summed E-state index contributed by atoms with van der Waals surface area (Å²) in [7, 11) is 0. The Kier molecular flexibility index (Phi) is 4.87. The number of carbonyl (C=O) groups excluding carboxylic acids is 1. The van der Waals surface area contributed by atoms with E-state index < -0.39 is 0 Å². The Morgan fingerprint density at radius 1 is 1.22 bits per heavy atom. The highest BCUT2D eigenvalue weighted by Crippen LogP contribution is 2.30. The number of hydrogen-bond acceptors (Lipinski definition) is 3. The van der Waals surface area contributed by atoms with Crippen molar-refractivity contribution in [3.63, 3.8) is 0 Å². The second kappa shape index (κ2) is 6.89. The number of urea groups is 1. The first kappa shape index (κ1) is 16.3. The molecule has 1 fully saturated rings. The van der Waals surface area contributed by atoms with Gasteiger partial charge in [0.15, 0.2) is 0 Å². The lowest BCUT2D eigenvalue weighted by Crippen LogP contribution is -2.50. The average Bonchev–Trinajstić information content (AvgIpc) is 2.86. The van der Waals surface area contributed by atoms with E-state index in [-0.39, 0.29) is 17.5 Å². The minimum absolute atomic E-state index is 0.0232. The Morgan fingerprint density at radius 3 is 2.65 bits per heavy atom. The molecule has 3 rings (SSSR count). The van der Waals surface area contributed by atoms with Crippen molar-refractivity contribution in [2.45, 2.75) is 31.7 Å². The van der Waals surface area contributed by atoms with E-state index in [0.29, 0.717) is 33.0 Å². The molecule has 1 aromatic rings. The van der Waals surface area contributed by atoms with Crippen molar-refractivity contribution >= 4 is 6.03 Å². The summed E-state index contributed by atoms with van der Waals surface area (Å²) in [6, 6.07) is 8.42. The van der Waals surface area contributed by atoms with Gasteiger partial charge < -0.3 is 19.7 Å². The Hall–Kier alpha value is -1.59. The SMILES string of the molecule is CC1(C)CN(C(=O)NC2COCCOC2)CCc2ccccc21. The summed E-state index contributed by atoms with van der Waals surface area (Å²) in [5.41, 5.74) is 2.63. The van der Waals surface area contributed by atoms with Crippen LogP contribution in [0.1, 0.15) is 25.0 Å². The molecule has 2 heterocycles. The lowest BCUT2D eigenvalue weighted by Gasteiger charge is -2.31. The maximum absolute atomic E-state index is 12.7. The first-order valence-electron chi connectivity index (χ1n) is 8.35. The van der Waals surface area contributed by atoms with E-state index in [0.717, 1.165) is 13.0 Å². The maximum Gasteiger partial charge on any atom is 0.317 e. The lowest BCUT2D eigenvalue weighted by atomic mass is 9.82. The van der Waals surface area contributed by atoms with Gasteiger partial charge in [0.2, 0.25) is 0 Å². The van der Waals surface area contributed by atoms with Crippen LogP contribution in [0.5, 0.6) is 0 Å². The van der Waals surface area contributed by atoms with Gasteiger partial charge in [-0.3, -0.25) is 0 Å². The first-order valence-corrected chi connectivity index (χ1v) is 8.35. The Balaban J connectivity index is 1.68. The van der Waals surface area contributed by atoms with Crippen LogP contribution in [0.15, 0.2) is 24.3 Å². The van der Waals surface area contributed by atoms with E-state index in [4.69, 9.17) is 9.47 Å². The molecule has 0 spiro atoms. The third-order valence-corrected chi connectivity index (χ3v) is 4.61. The largest absolute Gasteiger partial charge is 0.377 e. The predicted molar refractivity (Wildman–Crippen MR) is 88.7 cm³/mol. The predicted octanol–water partition coefficient (Wildman–Crippen LogP) is 1.95. The zero-order chi connectivity index (χ0) is 16.3. The van der Waals surface area contributed by atoms with Crippen LogP contribution in [0.4, 0.5) is 4.79 Å². The van der Waals surface area contributed by atoms with Crippen molar-refractivity contribution < 1.29 is 14.3 Å². The van der Waals surface area contributed by atoms with Crippen molar-refractivity contribution in [2.75, 3.05) is 39.5 Å². The molecule has 2 aliphatic rings. The van der Waals surface area contributed by atoms with Gasteiger partial charge in [0.25, 0.3) is 0 Å². The molecule has 1 N–H and O–H groups in total. The number of fused-ring (bicyclic) bond motifs is 1. The fourth-order valence-corrected chi connectivity index (χ4v) is 3.44. The van der Waals surface area contributed by atoms with E-state index >= 15 is 0 Å². The van der Waals surface area contributed by atoms with Crippen LogP contribution in [0.25, 0.3) is 0 Å². The van der Waals surface area contributed by atoms with E-state index in [1.807, 2.05) is 4.90 Å². The van der Waals surface area contributed by atoms with E-state index in [1.165, 1.54) is 11.1 Å². The van der Waals surface area contributed by atoms with Gasteiger partial charge in [0.1, 0.15) is 0 Å². The third-order valence-electron chi connectivity index (χ3n) is 4.61. The van der Waals surface area contributed by atoms with Crippen molar-refractivity contribution in [1.29, 1.82) is 0 Å². The fourth-order valence-electron chi connectivity index (χ4n) is 3.44. The summed E-state index contributed by atoms with van der Waals surface area (Å²) in [4.78, 5) is 14.6. The number of rotatable bonds is 1. The zero-order valence-corrected chi connectivity index (χ0v) is 14.0. The zero-order valence-electron chi connectivity index (χ0n) is 14.0. The molecule has 0 saturated carbocycles. The molecule has 0 atom stereocenters. The highest BCUT2D eigenvalue weighted by atomic mass is 16.5. The van der Waals surface area contributed by atoms with Crippen LogP contribution in [-0.4, -0.2) is 56.5 Å².